The molecule has 7 heteroatoms. The Kier molecular flexibility index (Phi) is 16.8. The molecule has 0 bridgehead atoms. The maximum absolute atomic E-state index is 8.60. The molecule has 0 aromatic heterocycles. The summed E-state index contributed by atoms with van der Waals surface area (Å²) in [5.74, 6) is 0. The number of hydrogen-bond donors (Lipinski definition) is 4. The molecule has 100 valence electrons. The van der Waals surface area contributed by atoms with Crippen molar-refractivity contribution in [2.75, 3.05) is 13.1 Å². The predicted molar refractivity (Wildman–Crippen MR) is 65.0 cm³/mol. The highest BCUT2D eigenvalue weighted by Crippen LogP contribution is 2.03. The van der Waals surface area contributed by atoms with Gasteiger partial charge in [0.25, 0.3) is 0 Å². The van der Waals surface area contributed by atoms with Gasteiger partial charge in [0.2, 0.25) is 0 Å². The normalized spacial score (nSPS) is 11.1. The fraction of sp³-hybridized carbons (Fsp3) is 0.900. The van der Waals surface area contributed by atoms with Gasteiger partial charge in [-0.1, -0.05) is 19.8 Å². The minimum Gasteiger partial charge on any atom is -0.427 e. The highest BCUT2D eigenvalue weighted by molar-refractivity contribution is 6.40. The van der Waals surface area contributed by atoms with Crippen LogP contribution in [0.25, 0.3) is 0 Å². The lowest BCUT2D eigenvalue weighted by Gasteiger charge is -2.11. The van der Waals surface area contributed by atoms with Crippen LogP contribution in [0.5, 0.6) is 0 Å². The Morgan fingerprint density at radius 3 is 2.41 bits per heavy atom. The zero-order chi connectivity index (χ0) is 13.5. The Labute approximate surface area is 103 Å². The molecule has 0 fully saturated rings. The van der Waals surface area contributed by atoms with Crippen molar-refractivity contribution in [3.05, 3.63) is 0 Å². The maximum atomic E-state index is 8.60. The maximum Gasteiger partial charge on any atom is 0.451 e. The van der Waals surface area contributed by atoms with Crippen LogP contribution >= 0.6 is 0 Å². The number of hydrogen-bond acceptors (Lipinski definition) is 6. The lowest BCUT2D eigenvalue weighted by molar-refractivity contribution is -0.191. The monoisotopic (exact) mass is 246 g/mol. The van der Waals surface area contributed by atoms with E-state index in [4.69, 9.17) is 25.4 Å². The second-order valence-corrected chi connectivity index (χ2v) is 3.81. The van der Waals surface area contributed by atoms with Crippen molar-refractivity contribution in [3.63, 3.8) is 0 Å². The van der Waals surface area contributed by atoms with E-state index < -0.39 is 7.12 Å². The van der Waals surface area contributed by atoms with Gasteiger partial charge in [-0.05, 0) is 25.7 Å². The number of nitrogens with two attached hydrogens (primary N) is 1. The first-order valence-electron chi connectivity index (χ1n) is 5.90. The third kappa shape index (κ3) is 21.2. The van der Waals surface area contributed by atoms with Gasteiger partial charge >= 0.3 is 13.3 Å². The third-order valence-electron chi connectivity index (χ3n) is 2.12. The smallest absolute Gasteiger partial charge is 0.427 e. The summed E-state index contributed by atoms with van der Waals surface area (Å²) >= 11 is 0. The zero-order valence-corrected chi connectivity index (χ0v) is 10.4. The van der Waals surface area contributed by atoms with Crippen molar-refractivity contribution in [2.45, 2.75) is 45.0 Å². The van der Waals surface area contributed by atoms with Gasteiger partial charge in [0, 0.05) is 12.6 Å². The van der Waals surface area contributed by atoms with E-state index in [9.17, 15) is 0 Å². The van der Waals surface area contributed by atoms with Crippen LogP contribution in [-0.4, -0.2) is 42.4 Å². The molecule has 0 aromatic rings. The van der Waals surface area contributed by atoms with Crippen molar-refractivity contribution in [2.24, 2.45) is 5.73 Å². The van der Waals surface area contributed by atoms with E-state index in [0.717, 1.165) is 38.8 Å². The van der Waals surface area contributed by atoms with Crippen molar-refractivity contribution in [3.8, 4) is 0 Å². The lowest BCUT2D eigenvalue weighted by atomic mass is 9.83. The molecule has 17 heavy (non-hydrogen) atoms. The van der Waals surface area contributed by atoms with Crippen molar-refractivity contribution in [1.82, 2.24) is 5.32 Å². The summed E-state index contributed by atoms with van der Waals surface area (Å²) in [7, 11) is -1.16. The van der Waals surface area contributed by atoms with Crippen LogP contribution < -0.4 is 11.1 Å². The average molecular weight is 246 g/mol. The van der Waals surface area contributed by atoms with Gasteiger partial charge in [-0.25, -0.2) is 0 Å². The van der Waals surface area contributed by atoms with Gasteiger partial charge < -0.3 is 21.1 Å². The summed E-state index contributed by atoms with van der Waals surface area (Å²) < 4.78 is 0. The van der Waals surface area contributed by atoms with Crippen LogP contribution in [0.15, 0.2) is 0 Å². The molecule has 0 aliphatic rings. The van der Waals surface area contributed by atoms with E-state index in [1.807, 2.05) is 0 Å². The molecule has 6 nitrogen and oxygen atoms in total. The van der Waals surface area contributed by atoms with Gasteiger partial charge in [-0.3, -0.25) is 0 Å². The SMILES string of the molecule is CCCNCC(N)CCCCB(O)O.O=C=O. The highest BCUT2D eigenvalue weighted by Gasteiger charge is 2.06. The Morgan fingerprint density at radius 1 is 1.35 bits per heavy atom. The van der Waals surface area contributed by atoms with Crippen molar-refractivity contribution in [1.29, 1.82) is 0 Å². The third-order valence-corrected chi connectivity index (χ3v) is 2.12. The number of nitrogens with one attached hydrogen (secondary N) is 1. The summed E-state index contributed by atoms with van der Waals surface area (Å²) in [6.07, 6.45) is 4.58. The first-order chi connectivity index (χ1) is 8.08. The van der Waals surface area contributed by atoms with Crippen molar-refractivity contribution >= 4 is 13.3 Å². The van der Waals surface area contributed by atoms with Crippen LogP contribution in [0.2, 0.25) is 6.32 Å². The quantitative estimate of drug-likeness (QED) is 0.318. The molecule has 0 spiro atoms. The summed E-state index contributed by atoms with van der Waals surface area (Å²) in [5, 5.41) is 20.5. The van der Waals surface area contributed by atoms with Crippen LogP contribution in [0.1, 0.15) is 32.6 Å². The van der Waals surface area contributed by atoms with Crippen molar-refractivity contribution < 1.29 is 19.6 Å². The minimum atomic E-state index is -1.16. The van der Waals surface area contributed by atoms with E-state index in [1.54, 1.807) is 0 Å². The molecule has 0 saturated carbocycles. The van der Waals surface area contributed by atoms with E-state index in [0.29, 0.717) is 6.32 Å². The van der Waals surface area contributed by atoms with E-state index in [2.05, 4.69) is 12.2 Å². The Balaban J connectivity index is 0. The van der Waals surface area contributed by atoms with Gasteiger partial charge in [0.15, 0.2) is 0 Å². The predicted octanol–water partition coefficient (Wildman–Crippen LogP) is -0.627. The summed E-state index contributed by atoms with van der Waals surface area (Å²) in [4.78, 5) is 16.2. The molecule has 0 aliphatic heterocycles. The van der Waals surface area contributed by atoms with Crippen LogP contribution in [0, 0.1) is 0 Å². The molecule has 0 aliphatic carbocycles. The topological polar surface area (TPSA) is 113 Å². The number of unbranched alkanes of at least 4 members (excludes halogenated alkanes) is 1. The number of rotatable bonds is 9. The van der Waals surface area contributed by atoms with Crippen LogP contribution in [0.3, 0.4) is 0 Å². The summed E-state index contributed by atoms with van der Waals surface area (Å²) in [6, 6.07) is 0.192. The molecule has 0 aromatic carbocycles. The van der Waals surface area contributed by atoms with Crippen LogP contribution in [-0.2, 0) is 9.59 Å². The van der Waals surface area contributed by atoms with Gasteiger partial charge in [0.05, 0.1) is 0 Å². The highest BCUT2D eigenvalue weighted by atomic mass is 16.4. The Morgan fingerprint density at radius 2 is 1.94 bits per heavy atom. The molecule has 1 atom stereocenters. The molecular formula is C10H23BN2O4. The fourth-order valence-corrected chi connectivity index (χ4v) is 1.30. The zero-order valence-electron chi connectivity index (χ0n) is 10.4. The second kappa shape index (κ2) is 15.3. The molecule has 1 unspecified atom stereocenters. The summed E-state index contributed by atoms with van der Waals surface area (Å²) in [5.41, 5.74) is 5.84. The first kappa shape index (κ1) is 18.6. The standard InChI is InChI=1S/C9H23BN2O2.CO2/c1-2-7-12-8-9(11)5-3-4-6-10(13)14;2-1-3/h9,12-14H,2-8,11H2,1H3;. The molecule has 0 heterocycles. The van der Waals surface area contributed by atoms with Gasteiger partial charge in [-0.15, -0.1) is 0 Å². The van der Waals surface area contributed by atoms with Gasteiger partial charge in [0.1, 0.15) is 0 Å². The molecule has 0 amide bonds. The number of carbonyl (C=O) groups excluding carboxylic acids is 2. The molecular weight excluding hydrogens is 223 g/mol. The van der Waals surface area contributed by atoms with E-state index >= 15 is 0 Å². The Bertz CT molecular complexity index is 187. The Hall–Kier alpha value is -0.715. The lowest BCUT2D eigenvalue weighted by Crippen LogP contribution is -2.34. The van der Waals surface area contributed by atoms with Crippen LogP contribution in [0.4, 0.5) is 0 Å². The molecule has 0 radical (unpaired) electrons. The average Bonchev–Trinajstić information content (AvgIpc) is 2.26. The molecule has 0 saturated heterocycles. The first-order valence-corrected chi connectivity index (χ1v) is 5.90. The fourth-order valence-electron chi connectivity index (χ4n) is 1.30. The second-order valence-electron chi connectivity index (χ2n) is 3.81. The molecule has 5 N–H and O–H groups in total. The molecule has 0 rings (SSSR count). The summed E-state index contributed by atoms with van der Waals surface area (Å²) in [6.45, 7) is 4.00. The largest absolute Gasteiger partial charge is 0.451 e. The minimum absolute atomic E-state index is 0.192. The van der Waals surface area contributed by atoms with Gasteiger partial charge in [-0.2, -0.15) is 9.59 Å². The van der Waals surface area contributed by atoms with E-state index in [1.165, 1.54) is 0 Å². The van der Waals surface area contributed by atoms with E-state index in [-0.39, 0.29) is 12.2 Å².